The maximum absolute atomic E-state index is 12.6. The van der Waals surface area contributed by atoms with Crippen molar-refractivity contribution in [1.82, 2.24) is 4.98 Å². The molecular weight excluding hydrogens is 255 g/mol. The molecule has 1 rings (SSSR count). The molecule has 0 amide bonds. The van der Waals surface area contributed by atoms with E-state index in [1.54, 1.807) is 6.92 Å². The van der Waals surface area contributed by atoms with Gasteiger partial charge in [0.15, 0.2) is 0 Å². The molecule has 0 fully saturated rings. The van der Waals surface area contributed by atoms with Gasteiger partial charge < -0.3 is 5.11 Å². The van der Waals surface area contributed by atoms with Crippen LogP contribution in [-0.2, 0) is 11.0 Å². The zero-order valence-electron chi connectivity index (χ0n) is 8.86. The van der Waals surface area contributed by atoms with Crippen LogP contribution in [0, 0.1) is 0 Å². The molecule has 1 unspecified atom stereocenters. The molecule has 1 aromatic heterocycles. The average Bonchev–Trinajstić information content (AvgIpc) is 2.24. The Morgan fingerprint density at radius 1 is 1.59 bits per heavy atom. The number of carboxylic acids is 1. The van der Waals surface area contributed by atoms with Gasteiger partial charge in [0.25, 0.3) is 0 Å². The Bertz CT molecular complexity index is 409. The van der Waals surface area contributed by atoms with Gasteiger partial charge in [-0.25, -0.2) is 4.98 Å². The van der Waals surface area contributed by atoms with Gasteiger partial charge in [0, 0.05) is 6.20 Å². The molecule has 1 atom stereocenters. The number of alkyl halides is 3. The van der Waals surface area contributed by atoms with Crippen molar-refractivity contribution in [2.24, 2.45) is 0 Å². The first-order valence-corrected chi connectivity index (χ1v) is 5.66. The van der Waals surface area contributed by atoms with Crippen molar-refractivity contribution in [3.8, 4) is 0 Å². The van der Waals surface area contributed by atoms with Crippen molar-refractivity contribution in [1.29, 1.82) is 0 Å². The Hall–Kier alpha value is -1.24. The van der Waals surface area contributed by atoms with Gasteiger partial charge in [0.05, 0.1) is 5.56 Å². The summed E-state index contributed by atoms with van der Waals surface area (Å²) in [7, 11) is 0. The number of carbonyl (C=O) groups is 1. The molecule has 0 spiro atoms. The number of carboxylic acid groups (broad SMARTS) is 1. The summed E-state index contributed by atoms with van der Waals surface area (Å²) in [5.74, 6) is -1.14. The number of pyridine rings is 1. The normalized spacial score (nSPS) is 13.4. The van der Waals surface area contributed by atoms with E-state index in [9.17, 15) is 18.0 Å². The molecule has 0 aromatic carbocycles. The summed E-state index contributed by atoms with van der Waals surface area (Å²) in [4.78, 5) is 14.4. The minimum absolute atomic E-state index is 0.230. The van der Waals surface area contributed by atoms with E-state index in [4.69, 9.17) is 5.11 Å². The minimum atomic E-state index is -4.52. The molecule has 0 saturated heterocycles. The van der Waals surface area contributed by atoms with Crippen LogP contribution in [0.1, 0.15) is 18.9 Å². The fourth-order valence-electron chi connectivity index (χ4n) is 1.14. The Labute approximate surface area is 100 Å². The van der Waals surface area contributed by atoms with E-state index >= 15 is 0 Å². The molecule has 1 N–H and O–H groups in total. The van der Waals surface area contributed by atoms with Crippen molar-refractivity contribution >= 4 is 17.7 Å². The van der Waals surface area contributed by atoms with Crippen LogP contribution in [0.4, 0.5) is 13.2 Å². The number of aliphatic carboxylic acids is 1. The molecule has 0 radical (unpaired) electrons. The first-order chi connectivity index (χ1) is 7.86. The quantitative estimate of drug-likeness (QED) is 0.850. The summed E-state index contributed by atoms with van der Waals surface area (Å²) < 4.78 is 37.8. The number of hydrogen-bond acceptors (Lipinski definition) is 3. The SMILES string of the molecule is CCC(Sc1ncccc1C(F)(F)F)C(=O)O. The standard InChI is InChI=1S/C10H10F3NO2S/c1-2-7(9(15)16)17-8-6(10(11,12)13)4-3-5-14-8/h3-5,7H,2H2,1H3,(H,15,16). The van der Waals surface area contributed by atoms with E-state index in [2.05, 4.69) is 4.98 Å². The Kier molecular flexibility index (Phi) is 4.39. The molecular formula is C10H10F3NO2S. The predicted molar refractivity (Wildman–Crippen MR) is 56.8 cm³/mol. The smallest absolute Gasteiger partial charge is 0.419 e. The maximum atomic E-state index is 12.6. The Morgan fingerprint density at radius 2 is 2.24 bits per heavy atom. The van der Waals surface area contributed by atoms with Crippen LogP contribution in [-0.4, -0.2) is 21.3 Å². The summed E-state index contributed by atoms with van der Waals surface area (Å²) in [5, 5.41) is 7.58. The van der Waals surface area contributed by atoms with E-state index in [0.29, 0.717) is 11.8 Å². The lowest BCUT2D eigenvalue weighted by Gasteiger charge is -2.13. The third kappa shape index (κ3) is 3.62. The van der Waals surface area contributed by atoms with Crippen molar-refractivity contribution in [3.63, 3.8) is 0 Å². The highest BCUT2D eigenvalue weighted by Crippen LogP contribution is 2.37. The summed E-state index contributed by atoms with van der Waals surface area (Å²) in [5.41, 5.74) is -0.898. The highest BCUT2D eigenvalue weighted by molar-refractivity contribution is 8.00. The first kappa shape index (κ1) is 13.8. The molecule has 0 aliphatic heterocycles. The van der Waals surface area contributed by atoms with E-state index in [1.807, 2.05) is 0 Å². The second-order valence-electron chi connectivity index (χ2n) is 3.21. The van der Waals surface area contributed by atoms with E-state index < -0.39 is 23.0 Å². The molecule has 0 saturated carbocycles. The molecule has 0 aliphatic carbocycles. The van der Waals surface area contributed by atoms with Crippen LogP contribution in [0.5, 0.6) is 0 Å². The molecule has 1 heterocycles. The largest absolute Gasteiger partial charge is 0.480 e. The number of nitrogens with zero attached hydrogens (tertiary/aromatic N) is 1. The lowest BCUT2D eigenvalue weighted by Crippen LogP contribution is -2.17. The molecule has 94 valence electrons. The minimum Gasteiger partial charge on any atom is -0.480 e. The molecule has 17 heavy (non-hydrogen) atoms. The summed E-state index contributed by atoms with van der Waals surface area (Å²) in [6.45, 7) is 1.60. The average molecular weight is 265 g/mol. The van der Waals surface area contributed by atoms with Crippen molar-refractivity contribution in [3.05, 3.63) is 23.9 Å². The number of halogens is 3. The van der Waals surface area contributed by atoms with Crippen LogP contribution in [0.3, 0.4) is 0 Å². The van der Waals surface area contributed by atoms with Crippen LogP contribution in [0.15, 0.2) is 23.4 Å². The van der Waals surface area contributed by atoms with Gasteiger partial charge in [-0.2, -0.15) is 13.2 Å². The van der Waals surface area contributed by atoms with Crippen LogP contribution in [0.25, 0.3) is 0 Å². The monoisotopic (exact) mass is 265 g/mol. The second kappa shape index (κ2) is 5.39. The van der Waals surface area contributed by atoms with Gasteiger partial charge in [-0.15, -0.1) is 0 Å². The zero-order chi connectivity index (χ0) is 13.1. The molecule has 1 aromatic rings. The highest BCUT2D eigenvalue weighted by atomic mass is 32.2. The van der Waals surface area contributed by atoms with Crippen LogP contribution >= 0.6 is 11.8 Å². The van der Waals surface area contributed by atoms with Gasteiger partial charge >= 0.3 is 12.1 Å². The maximum Gasteiger partial charge on any atom is 0.419 e. The lowest BCUT2D eigenvalue weighted by atomic mass is 10.3. The van der Waals surface area contributed by atoms with Gasteiger partial charge in [-0.3, -0.25) is 4.79 Å². The number of aromatic nitrogens is 1. The fourth-order valence-corrected chi connectivity index (χ4v) is 2.11. The first-order valence-electron chi connectivity index (χ1n) is 4.78. The molecule has 7 heteroatoms. The van der Waals surface area contributed by atoms with Gasteiger partial charge in [-0.05, 0) is 18.6 Å². The van der Waals surface area contributed by atoms with Gasteiger partial charge in [0.2, 0.25) is 0 Å². The molecule has 0 bridgehead atoms. The molecule has 3 nitrogen and oxygen atoms in total. The third-order valence-corrected chi connectivity index (χ3v) is 3.34. The van der Waals surface area contributed by atoms with Crippen molar-refractivity contribution < 1.29 is 23.1 Å². The topological polar surface area (TPSA) is 50.2 Å². The second-order valence-corrected chi connectivity index (χ2v) is 4.40. The summed E-state index contributed by atoms with van der Waals surface area (Å²) >= 11 is 0.620. The number of rotatable bonds is 4. The Balaban J connectivity index is 3.02. The number of thioether (sulfide) groups is 1. The van der Waals surface area contributed by atoms with E-state index in [-0.39, 0.29) is 11.4 Å². The summed E-state index contributed by atoms with van der Waals surface area (Å²) in [6, 6.07) is 2.07. The van der Waals surface area contributed by atoms with Crippen LogP contribution in [0.2, 0.25) is 0 Å². The third-order valence-electron chi connectivity index (χ3n) is 1.98. The van der Waals surface area contributed by atoms with Gasteiger partial charge in [-0.1, -0.05) is 18.7 Å². The van der Waals surface area contributed by atoms with E-state index in [1.165, 1.54) is 12.3 Å². The van der Waals surface area contributed by atoms with Crippen molar-refractivity contribution in [2.75, 3.05) is 0 Å². The van der Waals surface area contributed by atoms with Crippen LogP contribution < -0.4 is 0 Å². The fraction of sp³-hybridized carbons (Fsp3) is 0.400. The number of hydrogen-bond donors (Lipinski definition) is 1. The summed E-state index contributed by atoms with van der Waals surface area (Å²) in [6.07, 6.45) is -3.08. The highest BCUT2D eigenvalue weighted by Gasteiger charge is 2.35. The zero-order valence-corrected chi connectivity index (χ0v) is 9.68. The Morgan fingerprint density at radius 3 is 2.71 bits per heavy atom. The van der Waals surface area contributed by atoms with E-state index in [0.717, 1.165) is 6.07 Å². The lowest BCUT2D eigenvalue weighted by molar-refractivity contribution is -0.140. The predicted octanol–water partition coefficient (Wildman–Crippen LogP) is 3.06. The molecule has 0 aliphatic rings. The van der Waals surface area contributed by atoms with Gasteiger partial charge in [0.1, 0.15) is 10.3 Å². The van der Waals surface area contributed by atoms with Crippen molar-refractivity contribution in [2.45, 2.75) is 29.8 Å².